The third-order valence-corrected chi connectivity index (χ3v) is 3.84. The Kier molecular flexibility index (Phi) is 8.13. The molecular weight excluding hydrogens is 408 g/mol. The minimum absolute atomic E-state index is 0.0353. The van der Waals surface area contributed by atoms with Gasteiger partial charge in [0.2, 0.25) is 0 Å². The van der Waals surface area contributed by atoms with Crippen LogP contribution in [0.25, 0.3) is 0 Å². The van der Waals surface area contributed by atoms with E-state index in [1.54, 1.807) is 12.1 Å². The number of carbonyl (C=O) groups is 3. The number of guanidine groups is 1. The number of nitrogens with zero attached hydrogens (tertiary/aromatic N) is 2. The van der Waals surface area contributed by atoms with Crippen LogP contribution in [-0.4, -0.2) is 64.7 Å². The summed E-state index contributed by atoms with van der Waals surface area (Å²) in [5, 5.41) is 24.0. The third kappa shape index (κ3) is 7.20. The Morgan fingerprint density at radius 1 is 1.16 bits per heavy atom. The number of amides is 2. The maximum Gasteiger partial charge on any atom is 0.328 e. The van der Waals surface area contributed by atoms with Gasteiger partial charge in [0.25, 0.3) is 11.8 Å². The van der Waals surface area contributed by atoms with Crippen molar-refractivity contribution in [2.75, 3.05) is 19.7 Å². The van der Waals surface area contributed by atoms with Crippen LogP contribution in [0.2, 0.25) is 0 Å². The number of carboxylic acids is 1. The van der Waals surface area contributed by atoms with Crippen molar-refractivity contribution in [1.29, 1.82) is 0 Å². The summed E-state index contributed by atoms with van der Waals surface area (Å²) in [4.78, 5) is 43.4. The number of carbonyl (C=O) groups excluding carboxylic acids is 2. The van der Waals surface area contributed by atoms with Gasteiger partial charge in [0, 0.05) is 18.8 Å². The second-order valence-corrected chi connectivity index (χ2v) is 6.12. The second kappa shape index (κ2) is 11.0. The molecule has 1 heterocycles. The SMILES string of the molecule is NC(N)=NCCOc1ccc(C(=O)NC[C@H](NC(=O)c2ccccn2)C(=O)O)c(O)c1. The maximum absolute atomic E-state index is 12.3. The Bertz CT molecular complexity index is 962. The van der Waals surface area contributed by atoms with E-state index in [0.717, 1.165) is 0 Å². The van der Waals surface area contributed by atoms with E-state index in [0.29, 0.717) is 0 Å². The van der Waals surface area contributed by atoms with Gasteiger partial charge in [-0.2, -0.15) is 0 Å². The van der Waals surface area contributed by atoms with Gasteiger partial charge in [-0.1, -0.05) is 6.07 Å². The van der Waals surface area contributed by atoms with Crippen LogP contribution in [0.15, 0.2) is 47.6 Å². The maximum atomic E-state index is 12.3. The van der Waals surface area contributed by atoms with Gasteiger partial charge < -0.3 is 37.1 Å². The third-order valence-electron chi connectivity index (χ3n) is 3.84. The zero-order valence-corrected chi connectivity index (χ0v) is 16.3. The van der Waals surface area contributed by atoms with E-state index in [9.17, 15) is 24.6 Å². The fraction of sp³-hybridized carbons (Fsp3) is 0.211. The number of ether oxygens (including phenoxy) is 1. The highest BCUT2D eigenvalue weighted by Crippen LogP contribution is 2.23. The van der Waals surface area contributed by atoms with E-state index in [-0.39, 0.29) is 41.9 Å². The lowest BCUT2D eigenvalue weighted by atomic mass is 10.1. The molecule has 2 aromatic rings. The molecule has 164 valence electrons. The molecule has 0 fully saturated rings. The molecule has 0 bridgehead atoms. The van der Waals surface area contributed by atoms with E-state index in [1.807, 2.05) is 0 Å². The average Bonchev–Trinajstić information content (AvgIpc) is 2.74. The summed E-state index contributed by atoms with van der Waals surface area (Å²) in [6.45, 7) is -0.0474. The molecule has 0 saturated carbocycles. The summed E-state index contributed by atoms with van der Waals surface area (Å²) in [6.07, 6.45) is 1.39. The van der Waals surface area contributed by atoms with Crippen molar-refractivity contribution in [3.05, 3.63) is 53.9 Å². The van der Waals surface area contributed by atoms with Crippen molar-refractivity contribution in [3.8, 4) is 11.5 Å². The molecule has 2 amide bonds. The lowest BCUT2D eigenvalue weighted by Crippen LogP contribution is -2.48. The number of aromatic nitrogens is 1. The van der Waals surface area contributed by atoms with Crippen molar-refractivity contribution in [2.24, 2.45) is 16.5 Å². The van der Waals surface area contributed by atoms with Gasteiger partial charge in [0.1, 0.15) is 29.8 Å². The molecule has 0 spiro atoms. The van der Waals surface area contributed by atoms with Crippen LogP contribution in [0.3, 0.4) is 0 Å². The predicted octanol–water partition coefficient (Wildman–Crippen LogP) is -0.948. The molecule has 0 saturated heterocycles. The molecule has 31 heavy (non-hydrogen) atoms. The Balaban J connectivity index is 1.94. The van der Waals surface area contributed by atoms with Crippen LogP contribution in [0, 0.1) is 0 Å². The van der Waals surface area contributed by atoms with Gasteiger partial charge in [-0.15, -0.1) is 0 Å². The molecule has 0 aliphatic heterocycles. The van der Waals surface area contributed by atoms with Crippen LogP contribution in [0.4, 0.5) is 0 Å². The molecule has 2 rings (SSSR count). The van der Waals surface area contributed by atoms with Crippen molar-refractivity contribution >= 4 is 23.7 Å². The van der Waals surface area contributed by atoms with Crippen LogP contribution < -0.4 is 26.8 Å². The minimum atomic E-state index is -1.40. The summed E-state index contributed by atoms with van der Waals surface area (Å²) in [5.41, 5.74) is 10.3. The lowest BCUT2D eigenvalue weighted by molar-refractivity contribution is -0.139. The van der Waals surface area contributed by atoms with Crippen LogP contribution in [0.1, 0.15) is 20.8 Å². The summed E-state index contributed by atoms with van der Waals surface area (Å²) in [7, 11) is 0. The number of aliphatic carboxylic acids is 1. The van der Waals surface area contributed by atoms with Gasteiger partial charge in [0.15, 0.2) is 5.96 Å². The molecule has 0 unspecified atom stereocenters. The molecule has 0 aliphatic carbocycles. The average molecular weight is 430 g/mol. The highest BCUT2D eigenvalue weighted by molar-refractivity contribution is 5.98. The summed E-state index contributed by atoms with van der Waals surface area (Å²) < 4.78 is 5.35. The Labute approximate surface area is 176 Å². The molecular formula is C19H22N6O6. The summed E-state index contributed by atoms with van der Waals surface area (Å²) in [5.74, 6) is -2.95. The Hall–Kier alpha value is -4.35. The van der Waals surface area contributed by atoms with Crippen molar-refractivity contribution in [3.63, 3.8) is 0 Å². The molecule has 1 aromatic carbocycles. The number of carboxylic acid groups (broad SMARTS) is 1. The van der Waals surface area contributed by atoms with Crippen LogP contribution >= 0.6 is 0 Å². The Morgan fingerprint density at radius 3 is 2.55 bits per heavy atom. The first-order chi connectivity index (χ1) is 14.8. The number of phenolic OH excluding ortho intramolecular Hbond substituents is 1. The Morgan fingerprint density at radius 2 is 1.94 bits per heavy atom. The highest BCUT2D eigenvalue weighted by Gasteiger charge is 2.23. The van der Waals surface area contributed by atoms with E-state index < -0.39 is 30.4 Å². The van der Waals surface area contributed by atoms with Crippen molar-refractivity contribution < 1.29 is 29.3 Å². The smallest absolute Gasteiger partial charge is 0.328 e. The van der Waals surface area contributed by atoms with E-state index in [1.165, 1.54) is 30.5 Å². The monoisotopic (exact) mass is 430 g/mol. The quantitative estimate of drug-likeness (QED) is 0.156. The first kappa shape index (κ1) is 22.9. The summed E-state index contributed by atoms with van der Waals surface area (Å²) in [6, 6.07) is 7.19. The zero-order chi connectivity index (χ0) is 22.8. The van der Waals surface area contributed by atoms with E-state index in [4.69, 9.17) is 16.2 Å². The molecule has 12 heteroatoms. The molecule has 1 atom stereocenters. The minimum Gasteiger partial charge on any atom is -0.507 e. The molecule has 0 aliphatic rings. The first-order valence-corrected chi connectivity index (χ1v) is 9.02. The van der Waals surface area contributed by atoms with Crippen molar-refractivity contribution in [2.45, 2.75) is 6.04 Å². The second-order valence-electron chi connectivity index (χ2n) is 6.12. The number of pyridine rings is 1. The highest BCUT2D eigenvalue weighted by atomic mass is 16.5. The number of nitrogens with one attached hydrogen (secondary N) is 2. The molecule has 0 radical (unpaired) electrons. The number of phenols is 1. The largest absolute Gasteiger partial charge is 0.507 e. The van der Waals surface area contributed by atoms with Gasteiger partial charge in [-0.05, 0) is 24.3 Å². The number of hydrogen-bond acceptors (Lipinski definition) is 7. The topological polar surface area (TPSA) is 202 Å². The van der Waals surface area contributed by atoms with Crippen molar-refractivity contribution in [1.82, 2.24) is 15.6 Å². The van der Waals surface area contributed by atoms with E-state index >= 15 is 0 Å². The van der Waals surface area contributed by atoms with Gasteiger partial charge >= 0.3 is 5.97 Å². The van der Waals surface area contributed by atoms with Crippen LogP contribution in [0.5, 0.6) is 11.5 Å². The number of hydrogen-bond donors (Lipinski definition) is 6. The number of aromatic hydroxyl groups is 1. The molecule has 8 N–H and O–H groups in total. The number of benzene rings is 1. The normalized spacial score (nSPS) is 11.1. The fourth-order valence-electron chi connectivity index (χ4n) is 2.35. The predicted molar refractivity (Wildman–Crippen MR) is 110 cm³/mol. The lowest BCUT2D eigenvalue weighted by Gasteiger charge is -2.15. The van der Waals surface area contributed by atoms with Gasteiger partial charge in [-0.3, -0.25) is 19.6 Å². The number of aliphatic imine (C=N–C) groups is 1. The fourth-order valence-corrected chi connectivity index (χ4v) is 2.35. The van der Waals surface area contributed by atoms with Gasteiger partial charge in [-0.25, -0.2) is 4.79 Å². The molecule has 12 nitrogen and oxygen atoms in total. The molecule has 1 aromatic heterocycles. The van der Waals surface area contributed by atoms with Gasteiger partial charge in [0.05, 0.1) is 12.1 Å². The van der Waals surface area contributed by atoms with Crippen LogP contribution in [-0.2, 0) is 4.79 Å². The number of nitrogens with two attached hydrogens (primary N) is 2. The standard InChI is InChI=1S/C19H22N6O6/c20-19(21)23-7-8-31-11-4-5-12(15(26)9-11)16(27)24-10-14(18(29)30)25-17(28)13-3-1-2-6-22-13/h1-6,9,14,26H,7-8,10H2,(H,24,27)(H,25,28)(H,29,30)(H4,20,21,23)/t14-/m0/s1. The summed E-state index contributed by atoms with van der Waals surface area (Å²) >= 11 is 0. The van der Waals surface area contributed by atoms with E-state index in [2.05, 4.69) is 20.6 Å². The first-order valence-electron chi connectivity index (χ1n) is 9.02. The zero-order valence-electron chi connectivity index (χ0n) is 16.3. The number of rotatable bonds is 10.